The van der Waals surface area contributed by atoms with Crippen molar-refractivity contribution >= 4 is 29.3 Å². The number of nitrogen functional groups attached to an aromatic ring is 1. The zero-order valence-electron chi connectivity index (χ0n) is 10.8. The topological polar surface area (TPSA) is 67.7 Å². The number of halogens is 1. The summed E-state index contributed by atoms with van der Waals surface area (Å²) in [4.78, 5) is 4.37. The Bertz CT molecular complexity index is 748. The molecule has 4 nitrogen and oxygen atoms in total. The molecule has 3 N–H and O–H groups in total. The Morgan fingerprint density at radius 3 is 2.75 bits per heavy atom. The fourth-order valence-electron chi connectivity index (χ4n) is 2.17. The van der Waals surface area contributed by atoms with E-state index in [0.29, 0.717) is 0 Å². The van der Waals surface area contributed by atoms with Crippen LogP contribution in [0.3, 0.4) is 0 Å². The molecule has 102 valence electrons. The lowest BCUT2D eigenvalue weighted by Gasteiger charge is -2.06. The van der Waals surface area contributed by atoms with E-state index in [0.717, 1.165) is 28.7 Å². The number of amidine groups is 1. The highest BCUT2D eigenvalue weighted by Gasteiger charge is 2.03. The summed E-state index contributed by atoms with van der Waals surface area (Å²) in [5.41, 5.74) is 9.47. The van der Waals surface area contributed by atoms with Crippen LogP contribution in [0.2, 0.25) is 0 Å². The van der Waals surface area contributed by atoms with Gasteiger partial charge in [-0.05, 0) is 23.8 Å². The van der Waals surface area contributed by atoms with Crippen molar-refractivity contribution in [3.63, 3.8) is 0 Å². The van der Waals surface area contributed by atoms with Crippen molar-refractivity contribution in [1.82, 2.24) is 9.55 Å². The summed E-state index contributed by atoms with van der Waals surface area (Å²) in [5, 5.41) is 7.47. The normalized spacial score (nSPS) is 10.2. The Hall–Kier alpha value is -2.33. The van der Waals surface area contributed by atoms with E-state index in [1.807, 2.05) is 48.8 Å². The molecule has 0 bridgehead atoms. The van der Waals surface area contributed by atoms with Gasteiger partial charge in [-0.25, -0.2) is 4.98 Å². The number of imidazole rings is 1. The lowest BCUT2D eigenvalue weighted by Crippen LogP contribution is -2.11. The van der Waals surface area contributed by atoms with Crippen LogP contribution in [0.15, 0.2) is 54.9 Å². The SMILES string of the molecule is Cl.N=C(N)c1cccc(Cn2cnc3ccccc32)c1. The van der Waals surface area contributed by atoms with Gasteiger partial charge in [0.2, 0.25) is 0 Å². The number of hydrogen-bond donors (Lipinski definition) is 2. The molecule has 0 aliphatic rings. The number of fused-ring (bicyclic) bond motifs is 1. The second kappa shape index (κ2) is 5.75. The van der Waals surface area contributed by atoms with Crippen molar-refractivity contribution in [1.29, 1.82) is 5.41 Å². The summed E-state index contributed by atoms with van der Waals surface area (Å²) < 4.78 is 2.09. The summed E-state index contributed by atoms with van der Waals surface area (Å²) >= 11 is 0. The molecule has 1 aromatic heterocycles. The number of hydrogen-bond acceptors (Lipinski definition) is 2. The molecule has 5 heteroatoms. The first kappa shape index (κ1) is 14.1. The summed E-state index contributed by atoms with van der Waals surface area (Å²) in [6.07, 6.45) is 1.84. The fraction of sp³-hybridized carbons (Fsp3) is 0.0667. The molecule has 0 aliphatic heterocycles. The maximum Gasteiger partial charge on any atom is 0.122 e. The summed E-state index contributed by atoms with van der Waals surface area (Å²) in [6, 6.07) is 15.8. The molecule has 2 aromatic carbocycles. The van der Waals surface area contributed by atoms with Gasteiger partial charge in [-0.1, -0.05) is 30.3 Å². The van der Waals surface area contributed by atoms with E-state index in [1.54, 1.807) is 0 Å². The monoisotopic (exact) mass is 286 g/mol. The molecule has 0 saturated carbocycles. The average Bonchev–Trinajstić information content (AvgIpc) is 2.83. The maximum atomic E-state index is 7.47. The van der Waals surface area contributed by atoms with Gasteiger partial charge in [0.1, 0.15) is 5.84 Å². The Kier molecular flexibility index (Phi) is 4.05. The molecule has 20 heavy (non-hydrogen) atoms. The second-order valence-electron chi connectivity index (χ2n) is 4.48. The van der Waals surface area contributed by atoms with Gasteiger partial charge in [-0.3, -0.25) is 5.41 Å². The Labute approximate surface area is 123 Å². The molecule has 0 spiro atoms. The summed E-state index contributed by atoms with van der Waals surface area (Å²) in [6.45, 7) is 0.724. The van der Waals surface area contributed by atoms with Crippen molar-refractivity contribution < 1.29 is 0 Å². The van der Waals surface area contributed by atoms with E-state index in [4.69, 9.17) is 11.1 Å². The van der Waals surface area contributed by atoms with Crippen molar-refractivity contribution in [3.8, 4) is 0 Å². The standard InChI is InChI=1S/C15H14N4.ClH/c16-15(17)12-5-3-4-11(8-12)9-19-10-18-13-6-1-2-7-14(13)19;/h1-8,10H,9H2,(H3,16,17);1H. The van der Waals surface area contributed by atoms with E-state index in [1.165, 1.54) is 0 Å². The minimum absolute atomic E-state index is 0. The second-order valence-corrected chi connectivity index (χ2v) is 4.48. The van der Waals surface area contributed by atoms with Crippen molar-refractivity contribution in [2.45, 2.75) is 6.54 Å². The van der Waals surface area contributed by atoms with E-state index in [2.05, 4.69) is 15.6 Å². The highest BCUT2D eigenvalue weighted by Crippen LogP contribution is 2.14. The van der Waals surface area contributed by atoms with Gasteiger partial charge < -0.3 is 10.3 Å². The molecular formula is C15H15ClN4. The molecule has 0 fully saturated rings. The third-order valence-corrected chi connectivity index (χ3v) is 3.12. The molecule has 0 saturated heterocycles. The molecule has 3 rings (SSSR count). The molecular weight excluding hydrogens is 272 g/mol. The van der Waals surface area contributed by atoms with Crippen LogP contribution in [0.1, 0.15) is 11.1 Å². The molecule has 3 aromatic rings. The smallest absolute Gasteiger partial charge is 0.122 e. The van der Waals surface area contributed by atoms with Crippen LogP contribution < -0.4 is 5.73 Å². The van der Waals surface area contributed by atoms with Crippen LogP contribution in [0, 0.1) is 5.41 Å². The van der Waals surface area contributed by atoms with Gasteiger partial charge >= 0.3 is 0 Å². The number of nitrogens with zero attached hydrogens (tertiary/aromatic N) is 2. The number of rotatable bonds is 3. The predicted molar refractivity (Wildman–Crippen MR) is 83.5 cm³/mol. The number of aromatic nitrogens is 2. The number of para-hydroxylation sites is 2. The Morgan fingerprint density at radius 2 is 1.95 bits per heavy atom. The van der Waals surface area contributed by atoms with Gasteiger partial charge in [-0.15, -0.1) is 12.4 Å². The largest absolute Gasteiger partial charge is 0.384 e. The van der Waals surface area contributed by atoms with Crippen molar-refractivity contribution in [2.24, 2.45) is 5.73 Å². The number of benzene rings is 2. The zero-order valence-corrected chi connectivity index (χ0v) is 11.6. The average molecular weight is 287 g/mol. The Morgan fingerprint density at radius 1 is 1.15 bits per heavy atom. The third-order valence-electron chi connectivity index (χ3n) is 3.12. The Balaban J connectivity index is 0.00000147. The van der Waals surface area contributed by atoms with Crippen LogP contribution >= 0.6 is 12.4 Å². The highest BCUT2D eigenvalue weighted by atomic mass is 35.5. The third kappa shape index (κ3) is 2.65. The van der Waals surface area contributed by atoms with Crippen LogP contribution in [0.5, 0.6) is 0 Å². The number of nitrogens with two attached hydrogens (primary N) is 1. The summed E-state index contributed by atoms with van der Waals surface area (Å²) in [5.74, 6) is 0.0948. The van der Waals surface area contributed by atoms with Gasteiger partial charge in [0, 0.05) is 12.1 Å². The minimum atomic E-state index is 0. The van der Waals surface area contributed by atoms with Crippen LogP contribution in [-0.2, 0) is 6.54 Å². The first-order chi connectivity index (χ1) is 9.24. The fourth-order valence-corrected chi connectivity index (χ4v) is 2.17. The lowest BCUT2D eigenvalue weighted by atomic mass is 10.1. The quantitative estimate of drug-likeness (QED) is 0.574. The van der Waals surface area contributed by atoms with E-state index in [9.17, 15) is 0 Å². The summed E-state index contributed by atoms with van der Waals surface area (Å²) in [7, 11) is 0. The van der Waals surface area contributed by atoms with Crippen LogP contribution in [0.25, 0.3) is 11.0 Å². The van der Waals surface area contributed by atoms with Gasteiger partial charge in [0.15, 0.2) is 0 Å². The van der Waals surface area contributed by atoms with Crippen LogP contribution in [0.4, 0.5) is 0 Å². The predicted octanol–water partition coefficient (Wildman–Crippen LogP) is 2.79. The molecule has 0 radical (unpaired) electrons. The molecule has 0 atom stereocenters. The van der Waals surface area contributed by atoms with E-state index < -0.39 is 0 Å². The number of nitrogens with one attached hydrogen (secondary N) is 1. The maximum absolute atomic E-state index is 7.47. The minimum Gasteiger partial charge on any atom is -0.384 e. The van der Waals surface area contributed by atoms with E-state index >= 15 is 0 Å². The molecule has 0 unspecified atom stereocenters. The first-order valence-corrected chi connectivity index (χ1v) is 6.07. The van der Waals surface area contributed by atoms with Gasteiger partial charge in [0.05, 0.1) is 17.4 Å². The zero-order chi connectivity index (χ0) is 13.2. The molecule has 0 aliphatic carbocycles. The van der Waals surface area contributed by atoms with Crippen molar-refractivity contribution in [3.05, 3.63) is 66.0 Å². The molecule has 0 amide bonds. The van der Waals surface area contributed by atoms with Gasteiger partial charge in [-0.2, -0.15) is 0 Å². The molecule has 1 heterocycles. The van der Waals surface area contributed by atoms with E-state index in [-0.39, 0.29) is 18.2 Å². The highest BCUT2D eigenvalue weighted by molar-refractivity contribution is 5.95. The van der Waals surface area contributed by atoms with Crippen LogP contribution in [-0.4, -0.2) is 15.4 Å². The van der Waals surface area contributed by atoms with Crippen molar-refractivity contribution in [2.75, 3.05) is 0 Å². The van der Waals surface area contributed by atoms with Gasteiger partial charge in [0.25, 0.3) is 0 Å². The first-order valence-electron chi connectivity index (χ1n) is 6.07. The lowest BCUT2D eigenvalue weighted by molar-refractivity contribution is 0.824.